The molecule has 2 aromatic rings. The third kappa shape index (κ3) is 19.1. The zero-order chi connectivity index (χ0) is 42.3. The molecule has 2 aromatic carbocycles. The maximum absolute atomic E-state index is 13.7. The molecule has 0 radical (unpaired) electrons. The molecule has 0 heterocycles. The number of primary amides is 1. The van der Waals surface area contributed by atoms with Crippen molar-refractivity contribution in [2.24, 2.45) is 23.1 Å². The second-order valence-corrected chi connectivity index (χ2v) is 15.9. The van der Waals surface area contributed by atoms with Crippen LogP contribution >= 0.6 is 0 Å². The fourth-order valence-electron chi connectivity index (χ4n) is 7.59. The minimum atomic E-state index is -0.668. The van der Waals surface area contributed by atoms with Gasteiger partial charge < -0.3 is 42.5 Å². The van der Waals surface area contributed by atoms with Crippen LogP contribution in [0.2, 0.25) is 0 Å². The van der Waals surface area contributed by atoms with Crippen molar-refractivity contribution in [3.8, 4) is 0 Å². The third-order valence-corrected chi connectivity index (χ3v) is 10.6. The summed E-state index contributed by atoms with van der Waals surface area (Å²) in [6.07, 6.45) is 9.88. The van der Waals surface area contributed by atoms with Crippen molar-refractivity contribution in [2.45, 2.75) is 115 Å². The largest absolute Gasteiger partial charge is 0.368 e. The zero-order valence-electron chi connectivity index (χ0n) is 34.7. The lowest BCUT2D eigenvalue weighted by Crippen LogP contribution is -2.53. The van der Waals surface area contributed by atoms with E-state index in [0.717, 1.165) is 30.4 Å². The average molecular weight is 805 g/mol. The Labute approximate surface area is 345 Å². The van der Waals surface area contributed by atoms with Crippen LogP contribution in [-0.2, 0) is 41.6 Å². The second kappa shape index (κ2) is 26.2. The lowest BCUT2D eigenvalue weighted by Gasteiger charge is -2.31. The van der Waals surface area contributed by atoms with E-state index in [0.29, 0.717) is 51.0 Å². The summed E-state index contributed by atoms with van der Waals surface area (Å²) < 4.78 is 0. The van der Waals surface area contributed by atoms with Gasteiger partial charge in [-0.15, -0.1) is 0 Å². The summed E-state index contributed by atoms with van der Waals surface area (Å²) in [5.41, 5.74) is 19.3. The normalized spacial score (nSPS) is 14.4. The summed E-state index contributed by atoms with van der Waals surface area (Å²) in [7, 11) is 0. The molecule has 0 spiro atoms. The summed E-state index contributed by atoms with van der Waals surface area (Å²) in [6, 6.07) is 17.6. The summed E-state index contributed by atoms with van der Waals surface area (Å²) in [5.74, 6) is -1.73. The van der Waals surface area contributed by atoms with Crippen LogP contribution in [0.4, 0.5) is 0 Å². The summed E-state index contributed by atoms with van der Waals surface area (Å²) in [5, 5.41) is 6.03. The molecule has 1 saturated carbocycles. The lowest BCUT2D eigenvalue weighted by atomic mass is 9.86. The monoisotopic (exact) mass is 805 g/mol. The van der Waals surface area contributed by atoms with E-state index in [-0.39, 0.29) is 75.4 Å². The number of carbonyl (C=O) groups is 6. The smallest absolute Gasteiger partial charge is 0.239 e. The Morgan fingerprint density at radius 2 is 1.26 bits per heavy atom. The summed E-state index contributed by atoms with van der Waals surface area (Å²) >= 11 is 0. The van der Waals surface area contributed by atoms with Gasteiger partial charge in [-0.2, -0.15) is 0 Å². The van der Waals surface area contributed by atoms with Crippen molar-refractivity contribution in [3.05, 3.63) is 71.8 Å². The number of nitrogens with zero attached hydrogens (tertiary/aromatic N) is 3. The molecule has 14 heteroatoms. The van der Waals surface area contributed by atoms with E-state index in [4.69, 9.17) is 17.2 Å². The number of hydrogen-bond donors (Lipinski definition) is 5. The van der Waals surface area contributed by atoms with Crippen molar-refractivity contribution in [1.82, 2.24) is 25.3 Å². The van der Waals surface area contributed by atoms with Gasteiger partial charge in [0.2, 0.25) is 35.4 Å². The fourth-order valence-corrected chi connectivity index (χ4v) is 7.59. The van der Waals surface area contributed by atoms with Gasteiger partial charge >= 0.3 is 0 Å². The van der Waals surface area contributed by atoms with Crippen molar-refractivity contribution in [3.63, 3.8) is 0 Å². The first kappa shape index (κ1) is 47.6. The number of benzene rings is 2. The first-order chi connectivity index (χ1) is 27.8. The first-order valence-corrected chi connectivity index (χ1v) is 21.0. The Morgan fingerprint density at radius 3 is 1.84 bits per heavy atom. The van der Waals surface area contributed by atoms with Gasteiger partial charge in [0.05, 0.1) is 25.7 Å². The van der Waals surface area contributed by atoms with Crippen LogP contribution in [0.3, 0.4) is 0 Å². The van der Waals surface area contributed by atoms with Crippen LogP contribution in [0.15, 0.2) is 60.7 Å². The SMILES string of the molecule is CC(=O)N(CC(=O)N[C@@H](CCCCN)CN(CC(N)=O)C(=O)CCc1ccccc1)C[C@H](Cc1ccccc1)NC(=O)CN(C[C@H](C)N)C(=O)CCC1CCCCC1. The predicted octanol–water partition coefficient (Wildman–Crippen LogP) is 2.66. The molecule has 0 aromatic heterocycles. The van der Waals surface area contributed by atoms with Gasteiger partial charge in [0.1, 0.15) is 0 Å². The molecule has 0 saturated heterocycles. The topological polar surface area (TPSA) is 214 Å². The number of carbonyl (C=O) groups excluding carboxylic acids is 6. The molecule has 0 aliphatic heterocycles. The average Bonchev–Trinajstić information content (AvgIpc) is 3.19. The molecule has 0 unspecified atom stereocenters. The molecule has 1 aliphatic carbocycles. The molecule has 0 bridgehead atoms. The highest BCUT2D eigenvalue weighted by molar-refractivity contribution is 5.86. The van der Waals surface area contributed by atoms with Gasteiger partial charge in [0, 0.05) is 51.5 Å². The lowest BCUT2D eigenvalue weighted by molar-refractivity contribution is -0.137. The highest BCUT2D eigenvalue weighted by atomic mass is 16.2. The molecule has 6 amide bonds. The van der Waals surface area contributed by atoms with Gasteiger partial charge in [-0.05, 0) is 62.6 Å². The van der Waals surface area contributed by atoms with Gasteiger partial charge in [-0.25, -0.2) is 0 Å². The second-order valence-electron chi connectivity index (χ2n) is 15.9. The van der Waals surface area contributed by atoms with Crippen LogP contribution in [0.1, 0.15) is 95.6 Å². The Morgan fingerprint density at radius 1 is 0.707 bits per heavy atom. The molecular weight excluding hydrogens is 737 g/mol. The molecule has 58 heavy (non-hydrogen) atoms. The quantitative estimate of drug-likeness (QED) is 0.0890. The van der Waals surface area contributed by atoms with Crippen LogP contribution in [0.5, 0.6) is 0 Å². The highest BCUT2D eigenvalue weighted by Gasteiger charge is 2.27. The first-order valence-electron chi connectivity index (χ1n) is 21.0. The van der Waals surface area contributed by atoms with Crippen molar-refractivity contribution >= 4 is 35.4 Å². The number of nitrogens with two attached hydrogens (primary N) is 3. The number of aryl methyl sites for hydroxylation is 1. The summed E-state index contributed by atoms with van der Waals surface area (Å²) in [6.45, 7) is 3.15. The Kier molecular flexibility index (Phi) is 21.5. The predicted molar refractivity (Wildman–Crippen MR) is 226 cm³/mol. The number of nitrogens with one attached hydrogen (secondary N) is 2. The Balaban J connectivity index is 1.71. The number of unbranched alkanes of at least 4 members (excludes halogenated alkanes) is 1. The molecule has 3 rings (SSSR count). The van der Waals surface area contributed by atoms with Gasteiger partial charge in [-0.1, -0.05) is 99.2 Å². The number of rotatable bonds is 26. The number of hydrogen-bond acceptors (Lipinski definition) is 8. The van der Waals surface area contributed by atoms with E-state index >= 15 is 0 Å². The zero-order valence-corrected chi connectivity index (χ0v) is 34.7. The maximum Gasteiger partial charge on any atom is 0.239 e. The van der Waals surface area contributed by atoms with Crippen molar-refractivity contribution in [1.29, 1.82) is 0 Å². The van der Waals surface area contributed by atoms with E-state index in [1.54, 1.807) is 6.92 Å². The Bertz CT molecular complexity index is 1570. The van der Waals surface area contributed by atoms with Crippen LogP contribution < -0.4 is 27.8 Å². The Hall–Kier alpha value is -4.82. The molecular formula is C44H68N8O6. The van der Waals surface area contributed by atoms with Crippen molar-refractivity contribution in [2.75, 3.05) is 45.8 Å². The molecule has 8 N–H and O–H groups in total. The minimum Gasteiger partial charge on any atom is -0.368 e. The molecule has 1 fully saturated rings. The molecule has 1 aliphatic rings. The van der Waals surface area contributed by atoms with Gasteiger partial charge in [0.25, 0.3) is 0 Å². The fraction of sp³-hybridized carbons (Fsp3) is 0.591. The van der Waals surface area contributed by atoms with Crippen LogP contribution in [0, 0.1) is 5.92 Å². The van der Waals surface area contributed by atoms with Crippen LogP contribution in [-0.4, -0.2) is 114 Å². The molecule has 320 valence electrons. The highest BCUT2D eigenvalue weighted by Crippen LogP contribution is 2.27. The van der Waals surface area contributed by atoms with Crippen molar-refractivity contribution < 1.29 is 28.8 Å². The standard InChI is InChI=1S/C44H68N8O6/c1-33(46)27-51(43(57)23-21-35-14-6-3-7-15-35)32-42(56)49-39(26-37-18-10-5-11-19-37)29-50(34(2)53)31-41(55)48-38(20-12-13-25-45)28-52(30-40(47)54)44(58)24-22-36-16-8-4-9-17-36/h4-5,8-11,16-19,33,35,38-39H,3,6-7,12-15,20-32,45-46H2,1-2H3,(H2,47,54)(H,48,55)(H,49,56)/t33-,38-,39-/m0/s1. The third-order valence-electron chi connectivity index (χ3n) is 10.6. The van der Waals surface area contributed by atoms with E-state index in [2.05, 4.69) is 10.6 Å². The van der Waals surface area contributed by atoms with E-state index < -0.39 is 23.9 Å². The van der Waals surface area contributed by atoms with E-state index in [1.807, 2.05) is 60.7 Å². The minimum absolute atomic E-state index is 0.0237. The molecule has 14 nitrogen and oxygen atoms in total. The number of amides is 6. The van der Waals surface area contributed by atoms with E-state index in [1.165, 1.54) is 40.9 Å². The molecule has 3 atom stereocenters. The van der Waals surface area contributed by atoms with Crippen LogP contribution in [0.25, 0.3) is 0 Å². The maximum atomic E-state index is 13.7. The van der Waals surface area contributed by atoms with Gasteiger partial charge in [-0.3, -0.25) is 28.8 Å². The van der Waals surface area contributed by atoms with Gasteiger partial charge in [0.15, 0.2) is 0 Å². The summed E-state index contributed by atoms with van der Waals surface area (Å²) in [4.78, 5) is 83.4. The van der Waals surface area contributed by atoms with E-state index in [9.17, 15) is 28.8 Å².